The van der Waals surface area contributed by atoms with Gasteiger partial charge in [-0.3, -0.25) is 9.59 Å². The third-order valence-corrected chi connectivity index (χ3v) is 3.98. The average molecular weight is 297 g/mol. The topological polar surface area (TPSA) is 37.4 Å². The van der Waals surface area contributed by atoms with Crippen LogP contribution in [0.4, 0.5) is 4.39 Å². The lowest BCUT2D eigenvalue weighted by atomic mass is 10.0. The summed E-state index contributed by atoms with van der Waals surface area (Å²) in [6.45, 7) is 0.483. The Kier molecular flexibility index (Phi) is 4.00. The Morgan fingerprint density at radius 3 is 2.41 bits per heavy atom. The lowest BCUT2D eigenvalue weighted by Gasteiger charge is -2.24. The second-order valence-corrected chi connectivity index (χ2v) is 5.37. The van der Waals surface area contributed by atoms with Crippen LogP contribution in [0.3, 0.4) is 0 Å². The standard InChI is InChI=1S/C18H16FNO2/c19-15-10-5-4-9-14(15)18(22)20-12-6-11-16(20)17(21)13-7-2-1-3-8-13/h1-5,7-10,16H,6,11-12H2. The van der Waals surface area contributed by atoms with Gasteiger partial charge < -0.3 is 4.90 Å². The fourth-order valence-corrected chi connectivity index (χ4v) is 2.87. The van der Waals surface area contributed by atoms with Gasteiger partial charge in [-0.2, -0.15) is 0 Å². The highest BCUT2D eigenvalue weighted by Crippen LogP contribution is 2.24. The number of rotatable bonds is 3. The highest BCUT2D eigenvalue weighted by Gasteiger charge is 2.35. The molecule has 1 fully saturated rings. The van der Waals surface area contributed by atoms with Crippen LogP contribution in [0.2, 0.25) is 0 Å². The van der Waals surface area contributed by atoms with Gasteiger partial charge in [-0.05, 0) is 25.0 Å². The van der Waals surface area contributed by atoms with E-state index >= 15 is 0 Å². The van der Waals surface area contributed by atoms with Crippen molar-refractivity contribution in [3.63, 3.8) is 0 Å². The van der Waals surface area contributed by atoms with Gasteiger partial charge in [0.25, 0.3) is 5.91 Å². The summed E-state index contributed by atoms with van der Waals surface area (Å²) < 4.78 is 13.8. The van der Waals surface area contributed by atoms with E-state index in [2.05, 4.69) is 0 Å². The first kappa shape index (κ1) is 14.4. The minimum Gasteiger partial charge on any atom is -0.328 e. The van der Waals surface area contributed by atoms with Crippen molar-refractivity contribution in [3.05, 3.63) is 71.5 Å². The third-order valence-electron chi connectivity index (χ3n) is 3.98. The van der Waals surface area contributed by atoms with E-state index in [0.29, 0.717) is 18.5 Å². The molecule has 1 aliphatic rings. The Bertz CT molecular complexity index is 699. The maximum absolute atomic E-state index is 13.8. The third kappa shape index (κ3) is 2.64. The smallest absolute Gasteiger partial charge is 0.257 e. The number of halogens is 1. The fourth-order valence-electron chi connectivity index (χ4n) is 2.87. The molecule has 1 saturated heterocycles. The monoisotopic (exact) mass is 297 g/mol. The number of hydrogen-bond donors (Lipinski definition) is 0. The maximum atomic E-state index is 13.8. The minimum absolute atomic E-state index is 0.0234. The number of carbonyl (C=O) groups excluding carboxylic acids is 2. The Hall–Kier alpha value is -2.49. The maximum Gasteiger partial charge on any atom is 0.257 e. The predicted octanol–water partition coefficient (Wildman–Crippen LogP) is 3.31. The highest BCUT2D eigenvalue weighted by molar-refractivity contribution is 6.04. The van der Waals surface area contributed by atoms with Crippen molar-refractivity contribution < 1.29 is 14.0 Å². The van der Waals surface area contributed by atoms with Gasteiger partial charge in [0, 0.05) is 12.1 Å². The molecule has 0 N–H and O–H groups in total. The van der Waals surface area contributed by atoms with E-state index in [1.54, 1.807) is 36.4 Å². The fraction of sp³-hybridized carbons (Fsp3) is 0.222. The van der Waals surface area contributed by atoms with Crippen molar-refractivity contribution in [2.24, 2.45) is 0 Å². The lowest BCUT2D eigenvalue weighted by Crippen LogP contribution is -2.40. The summed E-state index contributed by atoms with van der Waals surface area (Å²) in [7, 11) is 0. The van der Waals surface area contributed by atoms with Gasteiger partial charge in [0.2, 0.25) is 0 Å². The summed E-state index contributed by atoms with van der Waals surface area (Å²) in [5, 5.41) is 0. The molecular weight excluding hydrogens is 281 g/mol. The molecule has 22 heavy (non-hydrogen) atoms. The number of ketones is 1. The van der Waals surface area contributed by atoms with Crippen LogP contribution in [0.25, 0.3) is 0 Å². The molecule has 1 aliphatic heterocycles. The number of hydrogen-bond acceptors (Lipinski definition) is 2. The van der Waals surface area contributed by atoms with Crippen LogP contribution in [0, 0.1) is 5.82 Å². The van der Waals surface area contributed by atoms with Crippen molar-refractivity contribution in [1.29, 1.82) is 0 Å². The first-order valence-electron chi connectivity index (χ1n) is 7.33. The molecule has 1 heterocycles. The number of benzene rings is 2. The Labute approximate surface area is 128 Å². The van der Waals surface area contributed by atoms with Gasteiger partial charge in [0.1, 0.15) is 5.82 Å². The Morgan fingerprint density at radius 1 is 1.00 bits per heavy atom. The summed E-state index contributed by atoms with van der Waals surface area (Å²) in [4.78, 5) is 26.6. The summed E-state index contributed by atoms with van der Waals surface area (Å²) in [6, 6.07) is 14.3. The quantitative estimate of drug-likeness (QED) is 0.815. The predicted molar refractivity (Wildman–Crippen MR) is 81.2 cm³/mol. The molecule has 1 amide bonds. The van der Waals surface area contributed by atoms with E-state index < -0.39 is 17.8 Å². The molecule has 2 aromatic rings. The lowest BCUT2D eigenvalue weighted by molar-refractivity contribution is 0.0668. The van der Waals surface area contributed by atoms with Crippen molar-refractivity contribution in [3.8, 4) is 0 Å². The molecule has 112 valence electrons. The van der Waals surface area contributed by atoms with Crippen LogP contribution in [0.15, 0.2) is 54.6 Å². The Morgan fingerprint density at radius 2 is 1.68 bits per heavy atom. The van der Waals surface area contributed by atoms with Crippen LogP contribution in [0.1, 0.15) is 33.6 Å². The van der Waals surface area contributed by atoms with Crippen LogP contribution in [-0.4, -0.2) is 29.2 Å². The zero-order chi connectivity index (χ0) is 15.5. The number of carbonyl (C=O) groups is 2. The SMILES string of the molecule is O=C(c1ccccc1)C1CCCN1C(=O)c1ccccc1F. The molecule has 2 aromatic carbocycles. The summed E-state index contributed by atoms with van der Waals surface area (Å²) in [6.07, 6.45) is 1.37. The van der Waals surface area contributed by atoms with Crippen LogP contribution in [-0.2, 0) is 0 Å². The zero-order valence-electron chi connectivity index (χ0n) is 12.0. The molecular formula is C18H16FNO2. The first-order chi connectivity index (χ1) is 10.7. The molecule has 1 atom stereocenters. The van der Waals surface area contributed by atoms with Crippen LogP contribution >= 0.6 is 0 Å². The zero-order valence-corrected chi connectivity index (χ0v) is 12.0. The van der Waals surface area contributed by atoms with Crippen molar-refractivity contribution in [2.45, 2.75) is 18.9 Å². The van der Waals surface area contributed by atoms with Gasteiger partial charge in [0.15, 0.2) is 5.78 Å². The number of likely N-dealkylation sites (tertiary alicyclic amines) is 1. The second-order valence-electron chi connectivity index (χ2n) is 5.37. The Balaban J connectivity index is 1.86. The molecule has 0 radical (unpaired) electrons. The molecule has 0 aromatic heterocycles. The molecule has 1 unspecified atom stereocenters. The van der Waals surface area contributed by atoms with Gasteiger partial charge in [0.05, 0.1) is 11.6 Å². The van der Waals surface area contributed by atoms with Crippen LogP contribution in [0.5, 0.6) is 0 Å². The van der Waals surface area contributed by atoms with E-state index in [1.807, 2.05) is 6.07 Å². The number of nitrogens with zero attached hydrogens (tertiary/aromatic N) is 1. The van der Waals surface area contributed by atoms with Gasteiger partial charge in [-0.25, -0.2) is 4.39 Å². The minimum atomic E-state index is -0.551. The highest BCUT2D eigenvalue weighted by atomic mass is 19.1. The summed E-state index contributed by atoms with van der Waals surface area (Å²) >= 11 is 0. The van der Waals surface area contributed by atoms with Gasteiger partial charge >= 0.3 is 0 Å². The van der Waals surface area contributed by atoms with Crippen LogP contribution < -0.4 is 0 Å². The molecule has 3 nitrogen and oxygen atoms in total. The van der Waals surface area contributed by atoms with Crippen molar-refractivity contribution in [2.75, 3.05) is 6.54 Å². The normalized spacial score (nSPS) is 17.5. The molecule has 4 heteroatoms. The van der Waals surface area contributed by atoms with E-state index in [9.17, 15) is 14.0 Å². The second kappa shape index (κ2) is 6.10. The molecule has 0 aliphatic carbocycles. The molecule has 0 bridgehead atoms. The summed E-state index contributed by atoms with van der Waals surface area (Å²) in [5.41, 5.74) is 0.607. The number of Topliss-reactive ketones (excluding diaryl/α,β-unsaturated/α-hetero) is 1. The van der Waals surface area contributed by atoms with E-state index in [-0.39, 0.29) is 11.3 Å². The molecule has 0 spiro atoms. The van der Waals surface area contributed by atoms with E-state index in [4.69, 9.17) is 0 Å². The molecule has 3 rings (SSSR count). The summed E-state index contributed by atoms with van der Waals surface area (Å²) in [5.74, 6) is -1.04. The molecule has 0 saturated carbocycles. The van der Waals surface area contributed by atoms with Crippen molar-refractivity contribution >= 4 is 11.7 Å². The van der Waals surface area contributed by atoms with Gasteiger partial charge in [-0.1, -0.05) is 42.5 Å². The van der Waals surface area contributed by atoms with Crippen molar-refractivity contribution in [1.82, 2.24) is 4.90 Å². The van der Waals surface area contributed by atoms with Gasteiger partial charge in [-0.15, -0.1) is 0 Å². The largest absolute Gasteiger partial charge is 0.328 e. The van der Waals surface area contributed by atoms with E-state index in [0.717, 1.165) is 6.42 Å². The first-order valence-corrected chi connectivity index (χ1v) is 7.33. The average Bonchev–Trinajstić information content (AvgIpc) is 3.04. The van der Waals surface area contributed by atoms with E-state index in [1.165, 1.54) is 17.0 Å². The number of amides is 1.